The molecule has 3 rings (SSSR count). The van der Waals surface area contributed by atoms with Gasteiger partial charge in [0.2, 0.25) is 5.91 Å². The molecule has 0 saturated carbocycles. The van der Waals surface area contributed by atoms with Gasteiger partial charge in [0.25, 0.3) is 0 Å². The van der Waals surface area contributed by atoms with Gasteiger partial charge in [-0.05, 0) is 26.0 Å². The Balaban J connectivity index is 1.58. The minimum Gasteiger partial charge on any atom is -0.367 e. The highest BCUT2D eigenvalue weighted by Crippen LogP contribution is 2.19. The quantitative estimate of drug-likeness (QED) is 0.850. The lowest BCUT2D eigenvalue weighted by Crippen LogP contribution is -2.43. The summed E-state index contributed by atoms with van der Waals surface area (Å²) in [6.45, 7) is 6.07. The van der Waals surface area contributed by atoms with Crippen LogP contribution in [0.2, 0.25) is 0 Å². The maximum Gasteiger partial charge on any atom is 0.224 e. The number of aryl methyl sites for hydroxylation is 3. The molecule has 23 heavy (non-hydrogen) atoms. The summed E-state index contributed by atoms with van der Waals surface area (Å²) in [5, 5.41) is 4.30. The van der Waals surface area contributed by atoms with E-state index >= 15 is 0 Å². The number of hydrogen-bond acceptors (Lipinski definition) is 5. The maximum absolute atomic E-state index is 12.4. The molecule has 3 heterocycles. The highest BCUT2D eigenvalue weighted by atomic mass is 16.5. The Labute approximate surface area is 135 Å². The summed E-state index contributed by atoms with van der Waals surface area (Å²) in [4.78, 5) is 22.9. The molecule has 1 fully saturated rings. The number of hydrogen-bond donors (Lipinski definition) is 0. The summed E-state index contributed by atoms with van der Waals surface area (Å²) in [6, 6.07) is 3.78. The first-order chi connectivity index (χ1) is 11.1. The zero-order chi connectivity index (χ0) is 16.2. The van der Waals surface area contributed by atoms with Gasteiger partial charge in [-0.1, -0.05) is 0 Å². The number of aromatic nitrogens is 4. The molecule has 0 N–H and O–H groups in total. The van der Waals surface area contributed by atoms with Crippen LogP contribution in [0.1, 0.15) is 29.7 Å². The normalized spacial score (nSPS) is 18.2. The molecule has 0 aromatic carbocycles. The van der Waals surface area contributed by atoms with E-state index in [2.05, 4.69) is 15.1 Å². The number of rotatable bonds is 4. The van der Waals surface area contributed by atoms with E-state index < -0.39 is 0 Å². The molecule has 2 aromatic heterocycles. The Kier molecular flexibility index (Phi) is 4.66. The van der Waals surface area contributed by atoms with E-state index in [1.165, 1.54) is 0 Å². The lowest BCUT2D eigenvalue weighted by Gasteiger charge is -2.32. The minimum atomic E-state index is -0.250. The zero-order valence-electron chi connectivity index (χ0n) is 13.5. The molecule has 122 valence electrons. The minimum absolute atomic E-state index is 0.110. The highest BCUT2D eigenvalue weighted by molar-refractivity contribution is 5.76. The van der Waals surface area contributed by atoms with E-state index in [1.807, 2.05) is 37.1 Å². The number of amides is 1. The van der Waals surface area contributed by atoms with Crippen molar-refractivity contribution in [2.45, 2.75) is 32.9 Å². The molecular formula is C16H21N5O2. The van der Waals surface area contributed by atoms with Gasteiger partial charge < -0.3 is 9.64 Å². The van der Waals surface area contributed by atoms with E-state index in [-0.39, 0.29) is 12.0 Å². The molecule has 2 aromatic rings. The van der Waals surface area contributed by atoms with Gasteiger partial charge in [-0.3, -0.25) is 9.48 Å². The zero-order valence-corrected chi connectivity index (χ0v) is 13.5. The lowest BCUT2D eigenvalue weighted by atomic mass is 10.2. The number of carbonyl (C=O) groups excluding carboxylic acids is 1. The lowest BCUT2D eigenvalue weighted by molar-refractivity contribution is -0.139. The van der Waals surface area contributed by atoms with Crippen LogP contribution in [0.4, 0.5) is 0 Å². The predicted octanol–water partition coefficient (Wildman–Crippen LogP) is 1.28. The van der Waals surface area contributed by atoms with Crippen molar-refractivity contribution in [1.82, 2.24) is 24.6 Å². The van der Waals surface area contributed by atoms with E-state index in [9.17, 15) is 4.79 Å². The third kappa shape index (κ3) is 3.92. The smallest absolute Gasteiger partial charge is 0.224 e. The Morgan fingerprint density at radius 1 is 1.35 bits per heavy atom. The molecule has 1 aliphatic heterocycles. The second-order valence-corrected chi connectivity index (χ2v) is 5.73. The van der Waals surface area contributed by atoms with E-state index in [4.69, 9.17) is 4.74 Å². The summed E-state index contributed by atoms with van der Waals surface area (Å²) in [6.07, 6.45) is 3.80. The number of nitrogens with zero attached hydrogens (tertiary/aromatic N) is 5. The number of ether oxygens (including phenoxy) is 1. The van der Waals surface area contributed by atoms with Crippen LogP contribution in [-0.2, 0) is 16.1 Å². The van der Waals surface area contributed by atoms with Crippen LogP contribution in [0.5, 0.6) is 0 Å². The second-order valence-electron chi connectivity index (χ2n) is 5.73. The summed E-state index contributed by atoms with van der Waals surface area (Å²) in [7, 11) is 0. The fourth-order valence-electron chi connectivity index (χ4n) is 2.61. The van der Waals surface area contributed by atoms with Gasteiger partial charge in [0.1, 0.15) is 6.10 Å². The van der Waals surface area contributed by atoms with Crippen molar-refractivity contribution >= 4 is 5.91 Å². The Hall–Kier alpha value is -2.28. The fraction of sp³-hybridized carbons (Fsp3) is 0.500. The third-order valence-corrected chi connectivity index (χ3v) is 3.85. The van der Waals surface area contributed by atoms with E-state index in [0.717, 1.165) is 11.4 Å². The largest absolute Gasteiger partial charge is 0.367 e. The monoisotopic (exact) mass is 315 g/mol. The van der Waals surface area contributed by atoms with Gasteiger partial charge >= 0.3 is 0 Å². The average molecular weight is 315 g/mol. The van der Waals surface area contributed by atoms with E-state index in [1.54, 1.807) is 10.9 Å². The van der Waals surface area contributed by atoms with Gasteiger partial charge in [0, 0.05) is 37.6 Å². The van der Waals surface area contributed by atoms with Crippen molar-refractivity contribution in [2.24, 2.45) is 0 Å². The summed E-state index contributed by atoms with van der Waals surface area (Å²) in [5.41, 5.74) is 1.86. The standard InChI is InChI=1S/C16H21N5O2/c1-12-3-6-17-16(18-12)14-11-20(9-10-23-14)15(22)5-8-21-7-4-13(2)19-21/h3-4,6-7,14H,5,8-11H2,1-2H3. The summed E-state index contributed by atoms with van der Waals surface area (Å²) in [5.74, 6) is 0.754. The van der Waals surface area contributed by atoms with Gasteiger partial charge in [-0.2, -0.15) is 5.10 Å². The van der Waals surface area contributed by atoms with Crippen LogP contribution in [0.25, 0.3) is 0 Å². The van der Waals surface area contributed by atoms with Crippen LogP contribution in [-0.4, -0.2) is 50.3 Å². The molecule has 1 unspecified atom stereocenters. The van der Waals surface area contributed by atoms with Crippen molar-refractivity contribution in [2.75, 3.05) is 19.7 Å². The summed E-state index contributed by atoms with van der Waals surface area (Å²) >= 11 is 0. The molecule has 1 atom stereocenters. The van der Waals surface area contributed by atoms with Crippen molar-refractivity contribution in [1.29, 1.82) is 0 Å². The maximum atomic E-state index is 12.4. The molecule has 0 radical (unpaired) electrons. The first-order valence-electron chi connectivity index (χ1n) is 7.81. The van der Waals surface area contributed by atoms with Gasteiger partial charge in [0.05, 0.1) is 18.8 Å². The molecule has 1 saturated heterocycles. The van der Waals surface area contributed by atoms with Crippen LogP contribution in [0.15, 0.2) is 24.5 Å². The number of morpholine rings is 1. The molecular weight excluding hydrogens is 294 g/mol. The Bertz CT molecular complexity index is 685. The van der Waals surface area contributed by atoms with Crippen molar-refractivity contribution in [3.05, 3.63) is 41.7 Å². The third-order valence-electron chi connectivity index (χ3n) is 3.85. The van der Waals surface area contributed by atoms with Crippen molar-refractivity contribution < 1.29 is 9.53 Å². The molecule has 0 spiro atoms. The first-order valence-corrected chi connectivity index (χ1v) is 7.81. The Morgan fingerprint density at radius 2 is 2.22 bits per heavy atom. The first kappa shape index (κ1) is 15.6. The van der Waals surface area contributed by atoms with Crippen LogP contribution in [0, 0.1) is 13.8 Å². The topological polar surface area (TPSA) is 73.1 Å². The molecule has 0 aliphatic carbocycles. The SMILES string of the molecule is Cc1ccnc(C2CN(C(=O)CCn3ccc(C)n3)CCO2)n1. The van der Waals surface area contributed by atoms with Crippen LogP contribution in [0.3, 0.4) is 0 Å². The highest BCUT2D eigenvalue weighted by Gasteiger charge is 2.27. The van der Waals surface area contributed by atoms with Gasteiger partial charge in [-0.15, -0.1) is 0 Å². The van der Waals surface area contributed by atoms with Gasteiger partial charge in [0.15, 0.2) is 5.82 Å². The van der Waals surface area contributed by atoms with Gasteiger partial charge in [-0.25, -0.2) is 9.97 Å². The molecule has 7 nitrogen and oxygen atoms in total. The molecule has 0 bridgehead atoms. The predicted molar refractivity (Wildman–Crippen MR) is 83.6 cm³/mol. The van der Waals surface area contributed by atoms with Crippen molar-refractivity contribution in [3.8, 4) is 0 Å². The molecule has 1 aliphatic rings. The van der Waals surface area contributed by atoms with E-state index in [0.29, 0.717) is 38.5 Å². The van der Waals surface area contributed by atoms with Crippen LogP contribution >= 0.6 is 0 Å². The second kappa shape index (κ2) is 6.87. The Morgan fingerprint density at radius 3 is 2.96 bits per heavy atom. The summed E-state index contributed by atoms with van der Waals surface area (Å²) < 4.78 is 7.53. The van der Waals surface area contributed by atoms with Crippen LogP contribution < -0.4 is 0 Å². The molecule has 7 heteroatoms. The fourth-order valence-corrected chi connectivity index (χ4v) is 2.61. The average Bonchev–Trinajstić information content (AvgIpc) is 2.98. The van der Waals surface area contributed by atoms with Crippen molar-refractivity contribution in [3.63, 3.8) is 0 Å². The molecule has 1 amide bonds. The number of carbonyl (C=O) groups is 1.